The number of aryl methyl sites for hydroxylation is 1. The molecule has 0 fully saturated rings. The Morgan fingerprint density at radius 2 is 2.21 bits per heavy atom. The van der Waals surface area contributed by atoms with Crippen molar-refractivity contribution in [2.24, 2.45) is 7.05 Å². The lowest BCUT2D eigenvalue weighted by molar-refractivity contribution is 0.415. The van der Waals surface area contributed by atoms with E-state index in [1.54, 1.807) is 18.4 Å². The number of nitrogens with zero attached hydrogens (tertiary/aromatic N) is 2. The molecule has 98 valence electrons. The van der Waals surface area contributed by atoms with Crippen LogP contribution in [0, 0.1) is 0 Å². The largest absolute Gasteiger partial charge is 0.497 e. The summed E-state index contributed by atoms with van der Waals surface area (Å²) in [6.07, 6.45) is 2.11. The van der Waals surface area contributed by atoms with Gasteiger partial charge in [-0.3, -0.25) is 0 Å². The molecule has 0 amide bonds. The van der Waals surface area contributed by atoms with Crippen LogP contribution in [0.15, 0.2) is 29.8 Å². The van der Waals surface area contributed by atoms with Crippen molar-refractivity contribution in [3.8, 4) is 17.0 Å². The molecule has 1 aromatic carbocycles. The highest BCUT2D eigenvalue weighted by atomic mass is 32.1. The second-order valence-corrected chi connectivity index (χ2v) is 5.18. The van der Waals surface area contributed by atoms with Crippen LogP contribution in [0.1, 0.15) is 0 Å². The summed E-state index contributed by atoms with van der Waals surface area (Å²) in [5.41, 5.74) is 3.30. The molecule has 0 saturated heterocycles. The molecule has 4 nitrogen and oxygen atoms in total. The molecule has 0 aliphatic rings. The number of ether oxygens (including phenoxy) is 1. The van der Waals surface area contributed by atoms with Crippen LogP contribution in [0.4, 0.5) is 5.13 Å². The predicted octanol–water partition coefficient (Wildman–Crippen LogP) is 3.35. The number of nitrogens with one attached hydrogen (secondary N) is 1. The molecule has 0 saturated carbocycles. The fourth-order valence-electron chi connectivity index (χ4n) is 2.21. The molecule has 5 heteroatoms. The van der Waals surface area contributed by atoms with E-state index in [9.17, 15) is 0 Å². The third-order valence-corrected chi connectivity index (χ3v) is 4.05. The standard InChI is InChI=1S/C14H15N3OS/c1-15-14-16-12(8-19-14)11-7-17(2)13-5-4-9(18-3)6-10(11)13/h4-8H,1-3H3,(H,15,16). The summed E-state index contributed by atoms with van der Waals surface area (Å²) in [4.78, 5) is 4.57. The minimum absolute atomic E-state index is 0.865. The molecular formula is C14H15N3OS. The normalized spacial score (nSPS) is 10.9. The van der Waals surface area contributed by atoms with E-state index in [2.05, 4.69) is 38.6 Å². The Kier molecular flexibility index (Phi) is 2.91. The lowest BCUT2D eigenvalue weighted by Gasteiger charge is -2.01. The van der Waals surface area contributed by atoms with Crippen molar-refractivity contribution in [2.45, 2.75) is 0 Å². The smallest absolute Gasteiger partial charge is 0.182 e. The summed E-state index contributed by atoms with van der Waals surface area (Å²) in [5.74, 6) is 0.865. The van der Waals surface area contributed by atoms with Crippen molar-refractivity contribution in [1.82, 2.24) is 9.55 Å². The highest BCUT2D eigenvalue weighted by Gasteiger charge is 2.12. The zero-order valence-electron chi connectivity index (χ0n) is 11.1. The molecule has 2 heterocycles. The van der Waals surface area contributed by atoms with Crippen molar-refractivity contribution >= 4 is 27.4 Å². The summed E-state index contributed by atoms with van der Waals surface area (Å²) < 4.78 is 7.42. The molecule has 2 aromatic heterocycles. The maximum atomic E-state index is 5.31. The van der Waals surface area contributed by atoms with Gasteiger partial charge in [0.15, 0.2) is 5.13 Å². The van der Waals surface area contributed by atoms with Crippen molar-refractivity contribution in [2.75, 3.05) is 19.5 Å². The Bertz CT molecular complexity index is 729. The van der Waals surface area contributed by atoms with Gasteiger partial charge in [0.1, 0.15) is 5.75 Å². The Hall–Kier alpha value is -2.01. The van der Waals surface area contributed by atoms with Crippen LogP contribution >= 0.6 is 11.3 Å². The van der Waals surface area contributed by atoms with Crippen molar-refractivity contribution in [3.63, 3.8) is 0 Å². The number of aromatic nitrogens is 2. The number of benzene rings is 1. The summed E-state index contributed by atoms with van der Waals surface area (Å²) in [6, 6.07) is 6.11. The topological polar surface area (TPSA) is 39.1 Å². The van der Waals surface area contributed by atoms with Crippen LogP contribution in [0.2, 0.25) is 0 Å². The first-order valence-electron chi connectivity index (χ1n) is 5.99. The minimum Gasteiger partial charge on any atom is -0.497 e. The highest BCUT2D eigenvalue weighted by Crippen LogP contribution is 2.34. The molecule has 0 aliphatic heterocycles. The number of hydrogen-bond acceptors (Lipinski definition) is 4. The Morgan fingerprint density at radius 3 is 2.89 bits per heavy atom. The van der Waals surface area contributed by atoms with E-state index < -0.39 is 0 Å². The van der Waals surface area contributed by atoms with Gasteiger partial charge < -0.3 is 14.6 Å². The molecular weight excluding hydrogens is 258 g/mol. The molecule has 0 bridgehead atoms. The summed E-state index contributed by atoms with van der Waals surface area (Å²) in [7, 11) is 5.62. The quantitative estimate of drug-likeness (QED) is 0.795. The van der Waals surface area contributed by atoms with Crippen molar-refractivity contribution < 1.29 is 4.74 Å². The second-order valence-electron chi connectivity index (χ2n) is 4.32. The number of hydrogen-bond donors (Lipinski definition) is 1. The van der Waals surface area contributed by atoms with E-state index >= 15 is 0 Å². The average Bonchev–Trinajstić information content (AvgIpc) is 3.03. The number of fused-ring (bicyclic) bond motifs is 1. The van der Waals surface area contributed by atoms with E-state index in [0.29, 0.717) is 0 Å². The molecule has 0 unspecified atom stereocenters. The van der Waals surface area contributed by atoms with E-state index in [1.165, 1.54) is 5.52 Å². The Morgan fingerprint density at radius 1 is 1.37 bits per heavy atom. The Labute approximate surface area is 115 Å². The maximum Gasteiger partial charge on any atom is 0.182 e. The van der Waals surface area contributed by atoms with Gasteiger partial charge in [0.05, 0.1) is 12.8 Å². The monoisotopic (exact) mass is 273 g/mol. The minimum atomic E-state index is 0.865. The highest BCUT2D eigenvalue weighted by molar-refractivity contribution is 7.14. The number of methoxy groups -OCH3 is 1. The molecule has 0 atom stereocenters. The molecule has 0 radical (unpaired) electrons. The van der Waals surface area contributed by atoms with Crippen LogP contribution < -0.4 is 10.1 Å². The molecule has 1 N–H and O–H groups in total. The summed E-state index contributed by atoms with van der Waals surface area (Å²) in [5, 5.41) is 7.23. The summed E-state index contributed by atoms with van der Waals surface area (Å²) >= 11 is 1.61. The summed E-state index contributed by atoms with van der Waals surface area (Å²) in [6.45, 7) is 0. The van der Waals surface area contributed by atoms with Crippen LogP contribution in [0.5, 0.6) is 5.75 Å². The van der Waals surface area contributed by atoms with Gasteiger partial charge in [-0.25, -0.2) is 4.98 Å². The molecule has 19 heavy (non-hydrogen) atoms. The van der Waals surface area contributed by atoms with Crippen LogP contribution in [0.25, 0.3) is 22.2 Å². The second kappa shape index (κ2) is 4.59. The van der Waals surface area contributed by atoms with Gasteiger partial charge in [-0.05, 0) is 18.2 Å². The first-order chi connectivity index (χ1) is 9.22. The van der Waals surface area contributed by atoms with Gasteiger partial charge in [0, 0.05) is 42.1 Å². The third kappa shape index (κ3) is 1.96. The van der Waals surface area contributed by atoms with Crippen molar-refractivity contribution in [1.29, 1.82) is 0 Å². The lowest BCUT2D eigenvalue weighted by atomic mass is 10.1. The predicted molar refractivity (Wildman–Crippen MR) is 80.1 cm³/mol. The lowest BCUT2D eigenvalue weighted by Crippen LogP contribution is -1.86. The SMILES string of the molecule is CNc1nc(-c2cn(C)c3ccc(OC)cc23)cs1. The first-order valence-corrected chi connectivity index (χ1v) is 6.87. The van der Waals surface area contributed by atoms with Gasteiger partial charge >= 0.3 is 0 Å². The van der Waals surface area contributed by atoms with Gasteiger partial charge in [-0.15, -0.1) is 11.3 Å². The average molecular weight is 273 g/mol. The third-order valence-electron chi connectivity index (χ3n) is 3.19. The van der Waals surface area contributed by atoms with Gasteiger partial charge in [-0.2, -0.15) is 0 Å². The van der Waals surface area contributed by atoms with E-state index in [0.717, 1.165) is 27.5 Å². The van der Waals surface area contributed by atoms with Gasteiger partial charge in [-0.1, -0.05) is 0 Å². The number of anilines is 1. The van der Waals surface area contributed by atoms with Crippen LogP contribution in [0.3, 0.4) is 0 Å². The van der Waals surface area contributed by atoms with Gasteiger partial charge in [0.25, 0.3) is 0 Å². The number of rotatable bonds is 3. The van der Waals surface area contributed by atoms with E-state index in [1.807, 2.05) is 20.2 Å². The molecule has 0 aliphatic carbocycles. The first kappa shape index (κ1) is 12.0. The van der Waals surface area contributed by atoms with Crippen molar-refractivity contribution in [3.05, 3.63) is 29.8 Å². The van der Waals surface area contributed by atoms with E-state index in [-0.39, 0.29) is 0 Å². The molecule has 3 rings (SSSR count). The maximum absolute atomic E-state index is 5.31. The zero-order chi connectivity index (χ0) is 13.4. The fraction of sp³-hybridized carbons (Fsp3) is 0.214. The number of thiazole rings is 1. The molecule has 0 spiro atoms. The van der Waals surface area contributed by atoms with E-state index in [4.69, 9.17) is 4.74 Å². The zero-order valence-corrected chi connectivity index (χ0v) is 11.9. The Balaban J connectivity index is 2.22. The molecule has 3 aromatic rings. The van der Waals surface area contributed by atoms with Gasteiger partial charge in [0.2, 0.25) is 0 Å². The fourth-order valence-corrected chi connectivity index (χ4v) is 2.89. The van der Waals surface area contributed by atoms with Crippen LogP contribution in [-0.4, -0.2) is 23.7 Å². The van der Waals surface area contributed by atoms with Crippen LogP contribution in [-0.2, 0) is 7.05 Å².